The molecule has 0 bridgehead atoms. The summed E-state index contributed by atoms with van der Waals surface area (Å²) in [4.78, 5) is 26.0. The molecule has 1 atom stereocenters. The van der Waals surface area contributed by atoms with E-state index in [1.54, 1.807) is 6.07 Å². The fraction of sp³-hybridized carbons (Fsp3) is 0.267. The Morgan fingerprint density at radius 1 is 1.14 bits per heavy atom. The van der Waals surface area contributed by atoms with Gasteiger partial charge in [0.2, 0.25) is 5.91 Å². The molecule has 9 nitrogen and oxygen atoms in total. The first kappa shape index (κ1) is 32.7. The monoisotopic (exact) mass is 649 g/mol. The van der Waals surface area contributed by atoms with Gasteiger partial charge in [-0.2, -0.15) is 13.2 Å². The number of carbonyl (C=O) groups is 2. The number of fused-ring (bicyclic) bond motifs is 1. The maximum absolute atomic E-state index is 13.6. The predicted molar refractivity (Wildman–Crippen MR) is 157 cm³/mol. The molecule has 0 aliphatic carbocycles. The molecule has 0 fully saturated rings. The van der Waals surface area contributed by atoms with Crippen molar-refractivity contribution in [2.45, 2.75) is 30.0 Å². The van der Waals surface area contributed by atoms with Gasteiger partial charge in [-0.25, -0.2) is 8.42 Å². The summed E-state index contributed by atoms with van der Waals surface area (Å²) in [7, 11) is -4.14. The number of hydrogen-bond donors (Lipinski definition) is 3. The van der Waals surface area contributed by atoms with Crippen LogP contribution in [-0.4, -0.2) is 51.6 Å². The Morgan fingerprint density at radius 3 is 2.61 bits per heavy atom. The van der Waals surface area contributed by atoms with Gasteiger partial charge in [-0.3, -0.25) is 13.9 Å². The quantitative estimate of drug-likeness (QED) is 0.222. The normalized spacial score (nSPS) is 13.7. The summed E-state index contributed by atoms with van der Waals surface area (Å²) < 4.78 is 74.4. The summed E-state index contributed by atoms with van der Waals surface area (Å²) in [6.07, 6.45) is 0.484. The zero-order valence-corrected chi connectivity index (χ0v) is 24.6. The molecule has 4 rings (SSSR count). The molecule has 0 radical (unpaired) electrons. The molecule has 0 saturated heterocycles. The number of terminal acetylenes is 1. The van der Waals surface area contributed by atoms with E-state index in [-0.39, 0.29) is 65.2 Å². The lowest BCUT2D eigenvalue weighted by molar-refractivity contribution is -0.137. The van der Waals surface area contributed by atoms with Crippen LogP contribution in [0.15, 0.2) is 65.6 Å². The average Bonchev–Trinajstić information content (AvgIpc) is 2.99. The lowest BCUT2D eigenvalue weighted by Gasteiger charge is -2.31. The van der Waals surface area contributed by atoms with Crippen LogP contribution in [0.1, 0.15) is 45.9 Å². The molecule has 3 N–H and O–H groups in total. The fourth-order valence-electron chi connectivity index (χ4n) is 4.49. The minimum Gasteiger partial charge on any atom is -0.489 e. The van der Waals surface area contributed by atoms with E-state index < -0.39 is 46.0 Å². The van der Waals surface area contributed by atoms with Gasteiger partial charge in [-0.15, -0.1) is 6.42 Å². The van der Waals surface area contributed by atoms with Crippen LogP contribution in [0.25, 0.3) is 0 Å². The summed E-state index contributed by atoms with van der Waals surface area (Å²) in [5, 5.41) is 14.0. The smallest absolute Gasteiger partial charge is 0.416 e. The van der Waals surface area contributed by atoms with E-state index in [9.17, 15) is 31.2 Å². The third-order valence-electron chi connectivity index (χ3n) is 6.68. The van der Waals surface area contributed by atoms with E-state index >= 15 is 0 Å². The highest BCUT2D eigenvalue weighted by Crippen LogP contribution is 2.37. The fourth-order valence-corrected chi connectivity index (χ4v) is 6.24. The lowest BCUT2D eigenvalue weighted by atomic mass is 9.99. The van der Waals surface area contributed by atoms with E-state index in [1.165, 1.54) is 36.4 Å². The number of aliphatic hydroxyl groups excluding tert-OH is 1. The van der Waals surface area contributed by atoms with Gasteiger partial charge in [0.1, 0.15) is 12.4 Å². The Balaban J connectivity index is 1.68. The molecule has 0 aromatic heterocycles. The lowest BCUT2D eigenvalue weighted by Crippen LogP contribution is -2.38. The first-order chi connectivity index (χ1) is 20.8. The number of sulfonamides is 1. The number of benzene rings is 3. The number of nitrogens with one attached hydrogen (secondary N) is 2. The van der Waals surface area contributed by atoms with Crippen molar-refractivity contribution in [3.63, 3.8) is 0 Å². The van der Waals surface area contributed by atoms with Gasteiger partial charge < -0.3 is 20.5 Å². The molecule has 0 saturated carbocycles. The number of carbonyl (C=O) groups excluding carboxylic acids is 2. The van der Waals surface area contributed by atoms with E-state index in [4.69, 9.17) is 27.9 Å². The van der Waals surface area contributed by atoms with Crippen molar-refractivity contribution >= 4 is 39.1 Å². The third-order valence-corrected chi connectivity index (χ3v) is 8.83. The first-order valence-corrected chi connectivity index (χ1v) is 15.1. The van der Waals surface area contributed by atoms with Crippen molar-refractivity contribution in [2.24, 2.45) is 0 Å². The second-order valence-electron chi connectivity index (χ2n) is 9.67. The summed E-state index contributed by atoms with van der Waals surface area (Å²) in [6, 6.07) is 11.1. The molecule has 232 valence electrons. The van der Waals surface area contributed by atoms with Gasteiger partial charge in [0.15, 0.2) is 0 Å². The standard InChI is InChI=1S/C30H27ClF3N3O6S/c1-2-19-5-3-6-22(15-19)44(41,42)37-12-14-43-27-10-7-20(16-26(27)37)29(40)36-25(18-28(39)35-11-4-13-38)23-17-21(30(32,33)34)8-9-24(23)31/h1,3,5-10,15-17,25,38H,4,11-14,18H2,(H,35,39)(H,36,40)/t25-/m0/s1. The number of ether oxygens (including phenoxy) is 1. The Morgan fingerprint density at radius 2 is 1.91 bits per heavy atom. The zero-order valence-electron chi connectivity index (χ0n) is 23.0. The number of halogens is 4. The zero-order chi connectivity index (χ0) is 32.1. The summed E-state index contributed by atoms with van der Waals surface area (Å²) >= 11 is 6.24. The molecule has 3 aromatic carbocycles. The van der Waals surface area contributed by atoms with Crippen molar-refractivity contribution in [3.05, 3.63) is 87.9 Å². The number of nitrogens with zero attached hydrogens (tertiary/aromatic N) is 1. The van der Waals surface area contributed by atoms with Gasteiger partial charge in [-0.1, -0.05) is 23.6 Å². The van der Waals surface area contributed by atoms with Crippen LogP contribution in [0.5, 0.6) is 5.75 Å². The molecule has 2 amide bonds. The summed E-state index contributed by atoms with van der Waals surface area (Å²) in [5.74, 6) is 1.15. The summed E-state index contributed by atoms with van der Waals surface area (Å²) in [6.45, 7) is -0.124. The first-order valence-electron chi connectivity index (χ1n) is 13.3. The maximum atomic E-state index is 13.6. The van der Waals surface area contributed by atoms with Crippen LogP contribution in [0.3, 0.4) is 0 Å². The van der Waals surface area contributed by atoms with E-state index in [0.717, 1.165) is 22.5 Å². The number of aliphatic hydroxyl groups is 1. The predicted octanol–water partition coefficient (Wildman–Crippen LogP) is 4.29. The Hall–Kier alpha value is -4.25. The number of anilines is 1. The highest BCUT2D eigenvalue weighted by atomic mass is 35.5. The second kappa shape index (κ2) is 13.6. The number of rotatable bonds is 10. The van der Waals surface area contributed by atoms with Gasteiger partial charge in [0.25, 0.3) is 15.9 Å². The number of hydrogen-bond acceptors (Lipinski definition) is 6. The highest BCUT2D eigenvalue weighted by molar-refractivity contribution is 7.92. The van der Waals surface area contributed by atoms with E-state index in [2.05, 4.69) is 16.6 Å². The van der Waals surface area contributed by atoms with Crippen LogP contribution >= 0.6 is 11.6 Å². The van der Waals surface area contributed by atoms with Gasteiger partial charge in [0.05, 0.1) is 35.2 Å². The second-order valence-corrected chi connectivity index (χ2v) is 11.9. The highest BCUT2D eigenvalue weighted by Gasteiger charge is 2.34. The Kier molecular flexibility index (Phi) is 10.1. The molecule has 0 unspecified atom stereocenters. The number of alkyl halides is 3. The van der Waals surface area contributed by atoms with Gasteiger partial charge >= 0.3 is 6.18 Å². The Bertz CT molecular complexity index is 1710. The van der Waals surface area contributed by atoms with Crippen molar-refractivity contribution in [1.29, 1.82) is 0 Å². The van der Waals surface area contributed by atoms with Crippen molar-refractivity contribution < 1.29 is 41.0 Å². The van der Waals surface area contributed by atoms with E-state index in [0.29, 0.717) is 5.56 Å². The van der Waals surface area contributed by atoms with Crippen LogP contribution in [-0.2, 0) is 21.0 Å². The van der Waals surface area contributed by atoms with Crippen molar-refractivity contribution in [1.82, 2.24) is 10.6 Å². The van der Waals surface area contributed by atoms with Crippen LogP contribution in [0, 0.1) is 12.3 Å². The third kappa shape index (κ3) is 7.45. The summed E-state index contributed by atoms with van der Waals surface area (Å²) in [5.41, 5.74) is -0.818. The van der Waals surface area contributed by atoms with Crippen LogP contribution in [0.2, 0.25) is 5.02 Å². The Labute approximate surface area is 257 Å². The molecular weight excluding hydrogens is 623 g/mol. The minimum atomic E-state index is -4.72. The molecule has 44 heavy (non-hydrogen) atoms. The van der Waals surface area contributed by atoms with Crippen molar-refractivity contribution in [3.8, 4) is 18.1 Å². The molecule has 1 aliphatic heterocycles. The molecule has 14 heteroatoms. The minimum absolute atomic E-state index is 0.0358. The van der Waals surface area contributed by atoms with E-state index in [1.807, 2.05) is 0 Å². The molecule has 1 aliphatic rings. The average molecular weight is 650 g/mol. The van der Waals surface area contributed by atoms with Gasteiger partial charge in [0, 0.05) is 29.3 Å². The molecular formula is C30H27ClF3N3O6S. The largest absolute Gasteiger partial charge is 0.489 e. The van der Waals surface area contributed by atoms with Crippen LogP contribution < -0.4 is 19.7 Å². The SMILES string of the molecule is C#Cc1cccc(S(=O)(=O)N2CCOc3ccc(C(=O)N[C@@H](CC(=O)NCCCO)c4cc(C(F)(F)F)ccc4Cl)cc32)c1. The molecule has 0 spiro atoms. The van der Waals surface area contributed by atoms with Gasteiger partial charge in [-0.05, 0) is 66.6 Å². The topological polar surface area (TPSA) is 125 Å². The molecule has 3 aromatic rings. The number of amides is 2. The molecule has 1 heterocycles. The van der Waals surface area contributed by atoms with Crippen molar-refractivity contribution in [2.75, 3.05) is 30.6 Å². The maximum Gasteiger partial charge on any atom is 0.416 e. The van der Waals surface area contributed by atoms with Crippen LogP contribution in [0.4, 0.5) is 18.9 Å².